The smallest absolute Gasteiger partial charge is 0.161 e. The molecule has 1 atom stereocenters. The Morgan fingerprint density at radius 3 is 2.27 bits per heavy atom. The summed E-state index contributed by atoms with van der Waals surface area (Å²) in [5.41, 5.74) is 0.179. The van der Waals surface area contributed by atoms with Gasteiger partial charge < -0.3 is 5.32 Å². The molecule has 0 fully saturated rings. The van der Waals surface area contributed by atoms with E-state index in [1.54, 1.807) is 7.05 Å². The third-order valence-corrected chi connectivity index (χ3v) is 2.34. The molecule has 0 amide bonds. The summed E-state index contributed by atoms with van der Waals surface area (Å²) >= 11 is 0. The Balaban J connectivity index is 3.06. The molecule has 0 aliphatic carbocycles. The van der Waals surface area contributed by atoms with Crippen molar-refractivity contribution in [1.29, 1.82) is 0 Å². The molecule has 0 aliphatic heterocycles. The zero-order valence-corrected chi connectivity index (χ0v) is 8.78. The maximum absolute atomic E-state index is 13.3. The van der Waals surface area contributed by atoms with E-state index in [-0.39, 0.29) is 11.6 Å². The molecule has 1 aromatic rings. The highest BCUT2D eigenvalue weighted by molar-refractivity contribution is 5.23. The number of hydrogen-bond donors (Lipinski definition) is 1. The van der Waals surface area contributed by atoms with E-state index in [1.165, 1.54) is 0 Å². The summed E-state index contributed by atoms with van der Waals surface area (Å²) in [7, 11) is 1.67. The lowest BCUT2D eigenvalue weighted by Gasteiger charge is -2.16. The van der Waals surface area contributed by atoms with Gasteiger partial charge in [-0.25, -0.2) is 13.2 Å². The maximum atomic E-state index is 13.3. The van der Waals surface area contributed by atoms with Crippen molar-refractivity contribution >= 4 is 0 Å². The predicted molar refractivity (Wildman–Crippen MR) is 53.0 cm³/mol. The van der Waals surface area contributed by atoms with Crippen LogP contribution in [0.25, 0.3) is 0 Å². The van der Waals surface area contributed by atoms with Crippen LogP contribution in [-0.4, -0.2) is 7.05 Å². The Kier molecular flexibility index (Phi) is 4.15. The van der Waals surface area contributed by atoms with Gasteiger partial charge in [-0.05, 0) is 19.5 Å². The van der Waals surface area contributed by atoms with Gasteiger partial charge in [-0.1, -0.05) is 13.3 Å². The fraction of sp³-hybridized carbons (Fsp3) is 0.455. The summed E-state index contributed by atoms with van der Waals surface area (Å²) in [6.07, 6.45) is 1.52. The highest BCUT2D eigenvalue weighted by atomic mass is 19.2. The van der Waals surface area contributed by atoms with E-state index in [2.05, 4.69) is 5.32 Å². The second-order valence-electron chi connectivity index (χ2n) is 3.42. The summed E-state index contributed by atoms with van der Waals surface area (Å²) < 4.78 is 38.9. The molecule has 15 heavy (non-hydrogen) atoms. The number of rotatable bonds is 4. The molecule has 84 valence electrons. The quantitative estimate of drug-likeness (QED) is 0.764. The molecule has 0 aromatic heterocycles. The first-order chi connectivity index (χ1) is 7.10. The molecular weight excluding hydrogens is 203 g/mol. The van der Waals surface area contributed by atoms with Crippen LogP contribution < -0.4 is 5.32 Å². The molecule has 0 saturated heterocycles. The molecule has 0 aliphatic rings. The highest BCUT2D eigenvalue weighted by Gasteiger charge is 2.16. The van der Waals surface area contributed by atoms with Gasteiger partial charge in [0.15, 0.2) is 11.6 Å². The van der Waals surface area contributed by atoms with Crippen molar-refractivity contribution in [2.24, 2.45) is 0 Å². The fourth-order valence-electron chi connectivity index (χ4n) is 1.55. The molecule has 1 N–H and O–H groups in total. The lowest BCUT2D eigenvalue weighted by Crippen LogP contribution is -2.18. The molecule has 0 spiro atoms. The van der Waals surface area contributed by atoms with Crippen LogP contribution in [0.1, 0.15) is 31.4 Å². The zero-order valence-electron chi connectivity index (χ0n) is 8.78. The van der Waals surface area contributed by atoms with Crippen molar-refractivity contribution in [3.05, 3.63) is 35.1 Å². The minimum atomic E-state index is -1.15. The Morgan fingerprint density at radius 1 is 1.13 bits per heavy atom. The maximum Gasteiger partial charge on any atom is 0.161 e. The van der Waals surface area contributed by atoms with E-state index in [4.69, 9.17) is 0 Å². The third-order valence-electron chi connectivity index (χ3n) is 2.34. The molecule has 1 nitrogen and oxygen atoms in total. The molecule has 1 aromatic carbocycles. The van der Waals surface area contributed by atoms with Crippen molar-refractivity contribution < 1.29 is 13.2 Å². The number of hydrogen-bond acceptors (Lipinski definition) is 1. The van der Waals surface area contributed by atoms with Crippen molar-refractivity contribution in [2.45, 2.75) is 25.8 Å². The molecular formula is C11H14F3N. The summed E-state index contributed by atoms with van der Waals surface area (Å²) in [5.74, 6) is -2.87. The van der Waals surface area contributed by atoms with Gasteiger partial charge >= 0.3 is 0 Å². The summed E-state index contributed by atoms with van der Waals surface area (Å²) in [6, 6.07) is 1.23. The van der Waals surface area contributed by atoms with Crippen molar-refractivity contribution in [1.82, 2.24) is 5.32 Å². The van der Waals surface area contributed by atoms with Gasteiger partial charge in [-0.15, -0.1) is 0 Å². The third kappa shape index (κ3) is 2.72. The Hall–Kier alpha value is -1.03. The second kappa shape index (κ2) is 5.16. The average Bonchev–Trinajstić information content (AvgIpc) is 2.20. The van der Waals surface area contributed by atoms with E-state index >= 15 is 0 Å². The minimum Gasteiger partial charge on any atom is -0.313 e. The Labute approximate surface area is 87.3 Å². The number of halogens is 3. The van der Waals surface area contributed by atoms with E-state index in [0.717, 1.165) is 12.5 Å². The standard InChI is InChI=1S/C11H14F3N/c1-3-4-11(15-2)7-5-9(13)10(14)6-8(7)12/h5-6,11,15H,3-4H2,1-2H3. The number of nitrogens with one attached hydrogen (secondary N) is 1. The van der Waals surface area contributed by atoms with Crippen molar-refractivity contribution in [2.75, 3.05) is 7.05 Å². The topological polar surface area (TPSA) is 12.0 Å². The van der Waals surface area contributed by atoms with Crippen LogP contribution in [0.4, 0.5) is 13.2 Å². The first-order valence-electron chi connectivity index (χ1n) is 4.91. The highest BCUT2D eigenvalue weighted by Crippen LogP contribution is 2.23. The normalized spacial score (nSPS) is 12.9. The Morgan fingerprint density at radius 2 is 1.73 bits per heavy atom. The Bertz CT molecular complexity index is 339. The van der Waals surface area contributed by atoms with Gasteiger partial charge in [0, 0.05) is 17.7 Å². The molecule has 0 bridgehead atoms. The van der Waals surface area contributed by atoms with Crippen LogP contribution in [0.3, 0.4) is 0 Å². The van der Waals surface area contributed by atoms with E-state index < -0.39 is 17.5 Å². The molecule has 1 rings (SSSR count). The lowest BCUT2D eigenvalue weighted by atomic mass is 10.0. The predicted octanol–water partition coefficient (Wildman–Crippen LogP) is 3.16. The first kappa shape index (κ1) is 12.0. The van der Waals surface area contributed by atoms with Crippen LogP contribution in [0, 0.1) is 17.5 Å². The SMILES string of the molecule is CCCC(NC)c1cc(F)c(F)cc1F. The van der Waals surface area contributed by atoms with Gasteiger partial charge in [0.1, 0.15) is 5.82 Å². The van der Waals surface area contributed by atoms with Gasteiger partial charge in [0.25, 0.3) is 0 Å². The van der Waals surface area contributed by atoms with Gasteiger partial charge in [0.05, 0.1) is 0 Å². The largest absolute Gasteiger partial charge is 0.313 e. The average molecular weight is 217 g/mol. The van der Waals surface area contributed by atoms with E-state index in [0.29, 0.717) is 12.5 Å². The first-order valence-corrected chi connectivity index (χ1v) is 4.91. The molecule has 0 saturated carbocycles. The van der Waals surface area contributed by atoms with Crippen LogP contribution in [0.15, 0.2) is 12.1 Å². The zero-order chi connectivity index (χ0) is 11.4. The van der Waals surface area contributed by atoms with Crippen molar-refractivity contribution in [3.63, 3.8) is 0 Å². The van der Waals surface area contributed by atoms with Crippen LogP contribution >= 0.6 is 0 Å². The summed E-state index contributed by atoms with van der Waals surface area (Å²) in [4.78, 5) is 0. The molecule has 1 unspecified atom stereocenters. The van der Waals surface area contributed by atoms with Crippen LogP contribution in [0.5, 0.6) is 0 Å². The van der Waals surface area contributed by atoms with Crippen molar-refractivity contribution in [3.8, 4) is 0 Å². The number of benzene rings is 1. The summed E-state index contributed by atoms with van der Waals surface area (Å²) in [6.45, 7) is 1.95. The van der Waals surface area contributed by atoms with Gasteiger partial charge in [-0.3, -0.25) is 0 Å². The van der Waals surface area contributed by atoms with Gasteiger partial charge in [-0.2, -0.15) is 0 Å². The molecule has 4 heteroatoms. The second-order valence-corrected chi connectivity index (χ2v) is 3.42. The summed E-state index contributed by atoms with van der Waals surface area (Å²) in [5, 5.41) is 2.88. The van der Waals surface area contributed by atoms with E-state index in [9.17, 15) is 13.2 Å². The van der Waals surface area contributed by atoms with Crippen LogP contribution in [0.2, 0.25) is 0 Å². The van der Waals surface area contributed by atoms with E-state index in [1.807, 2.05) is 6.92 Å². The monoisotopic (exact) mass is 217 g/mol. The van der Waals surface area contributed by atoms with Gasteiger partial charge in [0.2, 0.25) is 0 Å². The fourth-order valence-corrected chi connectivity index (χ4v) is 1.55. The lowest BCUT2D eigenvalue weighted by molar-refractivity contribution is 0.465. The van der Waals surface area contributed by atoms with Crippen LogP contribution in [-0.2, 0) is 0 Å². The minimum absolute atomic E-state index is 0.179. The molecule has 0 radical (unpaired) electrons. The molecule has 0 heterocycles.